The molecule has 3 rings (SSSR count). The van der Waals surface area contributed by atoms with Gasteiger partial charge >= 0.3 is 11.8 Å². The first kappa shape index (κ1) is 27.4. The van der Waals surface area contributed by atoms with E-state index in [4.69, 9.17) is 0 Å². The van der Waals surface area contributed by atoms with Crippen molar-refractivity contribution < 1.29 is 31.8 Å². The molecule has 0 aliphatic carbocycles. The Morgan fingerprint density at radius 2 is 1.86 bits per heavy atom. The van der Waals surface area contributed by atoms with Gasteiger partial charge in [-0.15, -0.1) is 0 Å². The first-order chi connectivity index (χ1) is 16.9. The standard InChI is InChI=1S/C23H28F3N5O4S/c1-5-27-21(33)22(34)31-9-8-17(23(2,3)12-31)29-36(35)16-11-30(4)19(18(16)26)20(32)28-13-6-7-14(24)15(25)10-13/h6-7,10-11,17,29H,5,8-9,12H2,1-4H3,(H,27,33)(H,28,32). The van der Waals surface area contributed by atoms with Crippen molar-refractivity contribution in [2.24, 2.45) is 12.5 Å². The summed E-state index contributed by atoms with van der Waals surface area (Å²) in [6.45, 7) is 6.17. The average molecular weight is 528 g/mol. The molecule has 9 nitrogen and oxygen atoms in total. The van der Waals surface area contributed by atoms with Gasteiger partial charge in [0.1, 0.15) is 21.6 Å². The van der Waals surface area contributed by atoms with Crippen molar-refractivity contribution in [1.29, 1.82) is 0 Å². The highest BCUT2D eigenvalue weighted by atomic mass is 32.2. The smallest absolute Gasteiger partial charge is 0.311 e. The Labute approximate surface area is 209 Å². The fraction of sp³-hybridized carbons (Fsp3) is 0.435. The molecule has 196 valence electrons. The number of carbonyl (C=O) groups excluding carboxylic acids is 3. The quantitative estimate of drug-likeness (QED) is 0.500. The minimum atomic E-state index is -2.05. The van der Waals surface area contributed by atoms with Gasteiger partial charge < -0.3 is 20.1 Å². The number of hydrogen-bond acceptors (Lipinski definition) is 4. The predicted molar refractivity (Wildman–Crippen MR) is 127 cm³/mol. The van der Waals surface area contributed by atoms with Crippen molar-refractivity contribution in [3.8, 4) is 0 Å². The number of likely N-dealkylation sites (tertiary alicyclic amines) is 1. The number of amides is 3. The van der Waals surface area contributed by atoms with Crippen molar-refractivity contribution >= 4 is 34.4 Å². The zero-order valence-electron chi connectivity index (χ0n) is 20.3. The molecular weight excluding hydrogens is 499 g/mol. The molecule has 1 aliphatic rings. The molecule has 2 heterocycles. The van der Waals surface area contributed by atoms with Gasteiger partial charge in [-0.1, -0.05) is 13.8 Å². The molecule has 1 fully saturated rings. The van der Waals surface area contributed by atoms with Gasteiger partial charge in [-0.05, 0) is 30.9 Å². The number of anilines is 1. The maximum absolute atomic E-state index is 15.2. The van der Waals surface area contributed by atoms with Crippen LogP contribution >= 0.6 is 0 Å². The van der Waals surface area contributed by atoms with E-state index in [0.717, 1.165) is 22.8 Å². The molecule has 1 saturated heterocycles. The van der Waals surface area contributed by atoms with Crippen LogP contribution in [0.5, 0.6) is 0 Å². The van der Waals surface area contributed by atoms with Crippen LogP contribution < -0.4 is 15.4 Å². The summed E-state index contributed by atoms with van der Waals surface area (Å²) in [5, 5.41) is 4.76. The van der Waals surface area contributed by atoms with Crippen LogP contribution in [0.15, 0.2) is 29.3 Å². The Hall–Kier alpha value is -3.19. The largest absolute Gasteiger partial charge is 0.348 e. The summed E-state index contributed by atoms with van der Waals surface area (Å²) in [5.41, 5.74) is -1.11. The number of piperidine rings is 1. The Balaban J connectivity index is 1.71. The third kappa shape index (κ3) is 5.78. The lowest BCUT2D eigenvalue weighted by molar-refractivity contribution is -0.148. The van der Waals surface area contributed by atoms with Crippen LogP contribution in [0.2, 0.25) is 0 Å². The SMILES string of the molecule is CCNC(=O)C(=O)N1CCC(NS(=O)c2cn(C)c(C(=O)Nc3ccc(F)c(F)c3)c2F)C(C)(C)C1. The Bertz CT molecular complexity index is 1220. The topological polar surface area (TPSA) is 113 Å². The van der Waals surface area contributed by atoms with Crippen molar-refractivity contribution in [1.82, 2.24) is 19.5 Å². The summed E-state index contributed by atoms with van der Waals surface area (Å²) >= 11 is 0. The van der Waals surface area contributed by atoms with E-state index >= 15 is 4.39 Å². The number of nitrogens with zero attached hydrogens (tertiary/aromatic N) is 2. The van der Waals surface area contributed by atoms with E-state index in [0.29, 0.717) is 13.0 Å². The van der Waals surface area contributed by atoms with Crippen LogP contribution in [0.1, 0.15) is 37.7 Å². The first-order valence-corrected chi connectivity index (χ1v) is 12.4. The highest BCUT2D eigenvalue weighted by Gasteiger charge is 2.40. The number of rotatable bonds is 6. The lowest BCUT2D eigenvalue weighted by Gasteiger charge is -2.43. The zero-order chi connectivity index (χ0) is 26.8. The van der Waals surface area contributed by atoms with Crippen molar-refractivity contribution in [3.05, 3.63) is 47.5 Å². The van der Waals surface area contributed by atoms with Crippen molar-refractivity contribution in [2.45, 2.75) is 38.1 Å². The first-order valence-electron chi connectivity index (χ1n) is 11.2. The predicted octanol–water partition coefficient (Wildman–Crippen LogP) is 2.07. The zero-order valence-corrected chi connectivity index (χ0v) is 21.1. The van der Waals surface area contributed by atoms with Crippen LogP contribution in [0.3, 0.4) is 0 Å². The van der Waals surface area contributed by atoms with Crippen LogP contribution in [0.25, 0.3) is 0 Å². The number of aryl methyl sites for hydroxylation is 1. The van der Waals surface area contributed by atoms with Gasteiger partial charge in [-0.2, -0.15) is 0 Å². The molecule has 3 N–H and O–H groups in total. The van der Waals surface area contributed by atoms with Gasteiger partial charge in [0.15, 0.2) is 17.5 Å². The highest BCUT2D eigenvalue weighted by Crippen LogP contribution is 2.31. The van der Waals surface area contributed by atoms with E-state index < -0.39 is 63.3 Å². The second-order valence-electron chi connectivity index (χ2n) is 9.15. The van der Waals surface area contributed by atoms with E-state index in [1.165, 1.54) is 18.1 Å². The lowest BCUT2D eigenvalue weighted by atomic mass is 9.79. The molecule has 13 heteroatoms. The molecule has 0 bridgehead atoms. The van der Waals surface area contributed by atoms with Gasteiger partial charge in [-0.3, -0.25) is 14.4 Å². The average Bonchev–Trinajstić information content (AvgIpc) is 3.11. The van der Waals surface area contributed by atoms with Crippen LogP contribution in [-0.4, -0.2) is 57.1 Å². The van der Waals surface area contributed by atoms with E-state index in [1.54, 1.807) is 6.92 Å². The van der Waals surface area contributed by atoms with Gasteiger partial charge in [0, 0.05) is 50.7 Å². The molecule has 3 amide bonds. The molecule has 0 spiro atoms. The van der Waals surface area contributed by atoms with Crippen LogP contribution in [0, 0.1) is 22.9 Å². The number of halogens is 3. The summed E-state index contributed by atoms with van der Waals surface area (Å²) in [7, 11) is -0.662. The van der Waals surface area contributed by atoms with Gasteiger partial charge in [0.25, 0.3) is 5.91 Å². The molecule has 0 saturated carbocycles. The molecule has 2 unspecified atom stereocenters. The normalized spacial score (nSPS) is 18.0. The second kappa shape index (κ2) is 10.8. The summed E-state index contributed by atoms with van der Waals surface area (Å²) in [4.78, 5) is 38.0. The highest BCUT2D eigenvalue weighted by molar-refractivity contribution is 7.83. The molecule has 0 radical (unpaired) electrons. The molecule has 36 heavy (non-hydrogen) atoms. The lowest BCUT2D eigenvalue weighted by Crippen LogP contribution is -2.58. The maximum atomic E-state index is 15.2. The Morgan fingerprint density at radius 3 is 2.47 bits per heavy atom. The van der Waals surface area contributed by atoms with E-state index in [-0.39, 0.29) is 23.7 Å². The molecule has 1 aliphatic heterocycles. The van der Waals surface area contributed by atoms with Crippen LogP contribution in [0.4, 0.5) is 18.9 Å². The van der Waals surface area contributed by atoms with Crippen molar-refractivity contribution in [2.75, 3.05) is 25.0 Å². The van der Waals surface area contributed by atoms with Crippen molar-refractivity contribution in [3.63, 3.8) is 0 Å². The van der Waals surface area contributed by atoms with E-state index in [9.17, 15) is 27.4 Å². The summed E-state index contributed by atoms with van der Waals surface area (Å²) in [6, 6.07) is 2.33. The molecule has 2 atom stereocenters. The molecule has 2 aromatic rings. The second-order valence-corrected chi connectivity index (χ2v) is 10.4. The number of hydrogen-bond donors (Lipinski definition) is 3. The minimum absolute atomic E-state index is 0.0732. The number of carbonyl (C=O) groups is 3. The van der Waals surface area contributed by atoms with Gasteiger partial charge in [-0.25, -0.2) is 22.1 Å². The van der Waals surface area contributed by atoms with Gasteiger partial charge in [0.05, 0.1) is 0 Å². The minimum Gasteiger partial charge on any atom is -0.348 e. The van der Waals surface area contributed by atoms with Crippen LogP contribution in [-0.2, 0) is 27.6 Å². The summed E-state index contributed by atoms with van der Waals surface area (Å²) < 4.78 is 58.8. The molecule has 1 aromatic heterocycles. The number of aromatic nitrogens is 1. The fourth-order valence-electron chi connectivity index (χ4n) is 4.04. The summed E-state index contributed by atoms with van der Waals surface area (Å²) in [6.07, 6.45) is 1.57. The Kier molecular flexibility index (Phi) is 8.24. The maximum Gasteiger partial charge on any atom is 0.311 e. The monoisotopic (exact) mass is 527 g/mol. The fourth-order valence-corrected chi connectivity index (χ4v) is 5.38. The Morgan fingerprint density at radius 1 is 1.17 bits per heavy atom. The number of benzene rings is 1. The third-order valence-electron chi connectivity index (χ3n) is 5.98. The number of nitrogens with one attached hydrogen (secondary N) is 3. The molecule has 1 aromatic carbocycles. The summed E-state index contributed by atoms with van der Waals surface area (Å²) in [5.74, 6) is -5.55. The number of likely N-dealkylation sites (N-methyl/N-ethyl adjacent to an activating group) is 1. The van der Waals surface area contributed by atoms with Gasteiger partial charge in [0.2, 0.25) is 0 Å². The van der Waals surface area contributed by atoms with E-state index in [1.807, 2.05) is 13.8 Å². The van der Waals surface area contributed by atoms with E-state index in [2.05, 4.69) is 15.4 Å². The molecular formula is C23H28F3N5O4S. The third-order valence-corrected chi connectivity index (χ3v) is 7.16.